The first-order valence-corrected chi connectivity index (χ1v) is 20.0. The zero-order chi connectivity index (χ0) is 33.6. The van der Waals surface area contributed by atoms with E-state index in [0.717, 1.165) is 44.5 Å². The number of amides is 1. The molecule has 254 valence electrons. The van der Waals surface area contributed by atoms with Crippen LogP contribution in [0.3, 0.4) is 0 Å². The van der Waals surface area contributed by atoms with Crippen LogP contribution in [-0.2, 0) is 24.7 Å². The second-order valence-electron chi connectivity index (χ2n) is 12.5. The molecule has 0 spiro atoms. The van der Waals surface area contributed by atoms with Crippen molar-refractivity contribution in [1.82, 2.24) is 19.4 Å². The molecule has 5 rings (SSSR count). The van der Waals surface area contributed by atoms with Gasteiger partial charge in [0.25, 0.3) is 0 Å². The SMILES string of the molecule is CCC(C(=O)NC1CCN(CCC(c2ccccc2)N2CCN(S(=O)(=O)c3ccccc3Cl)CC2)CC1)c1ccc(S(C)(=O)=O)cc1. The molecule has 0 saturated carbocycles. The quantitative estimate of drug-likeness (QED) is 0.285. The van der Waals surface area contributed by atoms with Gasteiger partial charge in [-0.05, 0) is 67.6 Å². The topological polar surface area (TPSA) is 107 Å². The lowest BCUT2D eigenvalue weighted by molar-refractivity contribution is -0.123. The number of carbonyl (C=O) groups is 1. The van der Waals surface area contributed by atoms with E-state index in [1.807, 2.05) is 13.0 Å². The number of nitrogens with zero attached hydrogens (tertiary/aromatic N) is 3. The van der Waals surface area contributed by atoms with Gasteiger partial charge in [-0.25, -0.2) is 16.8 Å². The number of halogens is 1. The van der Waals surface area contributed by atoms with E-state index in [4.69, 9.17) is 11.6 Å². The number of likely N-dealkylation sites (tertiary alicyclic amines) is 1. The average molecular weight is 701 g/mol. The van der Waals surface area contributed by atoms with Crippen LogP contribution >= 0.6 is 11.6 Å². The van der Waals surface area contributed by atoms with E-state index in [1.54, 1.807) is 52.8 Å². The number of nitrogens with one attached hydrogen (secondary N) is 1. The summed E-state index contributed by atoms with van der Waals surface area (Å²) in [7, 11) is -6.95. The summed E-state index contributed by atoms with van der Waals surface area (Å²) in [5.41, 5.74) is 2.05. The van der Waals surface area contributed by atoms with Crippen molar-refractivity contribution >= 4 is 37.4 Å². The fraction of sp³-hybridized carbons (Fsp3) is 0.457. The molecule has 0 radical (unpaired) electrons. The van der Waals surface area contributed by atoms with Crippen molar-refractivity contribution in [3.63, 3.8) is 0 Å². The number of rotatable bonds is 12. The number of carbonyl (C=O) groups excluding carboxylic acids is 1. The highest BCUT2D eigenvalue weighted by atomic mass is 35.5. The number of benzene rings is 3. The first-order chi connectivity index (χ1) is 22.5. The van der Waals surface area contributed by atoms with Crippen molar-refractivity contribution in [3.8, 4) is 0 Å². The molecule has 1 amide bonds. The first kappa shape index (κ1) is 35.5. The molecule has 2 unspecified atom stereocenters. The van der Waals surface area contributed by atoms with Crippen molar-refractivity contribution < 1.29 is 21.6 Å². The van der Waals surface area contributed by atoms with Crippen LogP contribution in [0.25, 0.3) is 0 Å². The van der Waals surface area contributed by atoms with Crippen molar-refractivity contribution in [1.29, 1.82) is 0 Å². The largest absolute Gasteiger partial charge is 0.353 e. The van der Waals surface area contributed by atoms with Gasteiger partial charge in [-0.2, -0.15) is 4.31 Å². The molecule has 0 aliphatic carbocycles. The van der Waals surface area contributed by atoms with Crippen molar-refractivity contribution in [2.45, 2.75) is 60.4 Å². The van der Waals surface area contributed by atoms with Crippen LogP contribution in [0, 0.1) is 0 Å². The molecule has 9 nitrogen and oxygen atoms in total. The Kier molecular flexibility index (Phi) is 11.8. The predicted octanol–water partition coefficient (Wildman–Crippen LogP) is 4.96. The normalized spacial score (nSPS) is 18.9. The highest BCUT2D eigenvalue weighted by Gasteiger charge is 2.33. The molecule has 3 aromatic rings. The Morgan fingerprint density at radius 2 is 1.45 bits per heavy atom. The number of hydrogen-bond acceptors (Lipinski definition) is 7. The molecule has 12 heteroatoms. The van der Waals surface area contributed by atoms with E-state index in [9.17, 15) is 21.6 Å². The van der Waals surface area contributed by atoms with Gasteiger partial charge in [-0.1, -0.05) is 73.1 Å². The van der Waals surface area contributed by atoms with Gasteiger partial charge in [0, 0.05) is 57.6 Å². The fourth-order valence-corrected chi connectivity index (χ4v) is 9.26. The van der Waals surface area contributed by atoms with Gasteiger partial charge < -0.3 is 10.2 Å². The third kappa shape index (κ3) is 8.82. The van der Waals surface area contributed by atoms with E-state index in [2.05, 4.69) is 39.4 Å². The highest BCUT2D eigenvalue weighted by Crippen LogP contribution is 2.30. The standard InChI is InChI=1S/C35H45ClN4O5S2/c1-3-31(27-13-15-30(16-14-27)46(2,42)43)35(41)37-29-17-20-38(21-18-29)22-19-33(28-9-5-4-6-10-28)39-23-25-40(26-24-39)47(44,45)34-12-8-7-11-32(34)36/h4-16,29,31,33H,3,17-26H2,1-2H3,(H,37,41). The van der Waals surface area contributed by atoms with Gasteiger partial charge in [0.1, 0.15) is 4.90 Å². The van der Waals surface area contributed by atoms with Crippen LogP contribution in [0.15, 0.2) is 88.7 Å². The summed E-state index contributed by atoms with van der Waals surface area (Å²) in [5, 5.41) is 3.50. The van der Waals surface area contributed by atoms with Crippen LogP contribution < -0.4 is 5.32 Å². The Morgan fingerprint density at radius 1 is 0.830 bits per heavy atom. The summed E-state index contributed by atoms with van der Waals surface area (Å²) >= 11 is 6.24. The molecule has 2 aliphatic rings. The Balaban J connectivity index is 1.14. The molecular weight excluding hydrogens is 656 g/mol. The Labute approximate surface area is 284 Å². The predicted molar refractivity (Wildman–Crippen MR) is 186 cm³/mol. The zero-order valence-corrected chi connectivity index (χ0v) is 29.5. The summed E-state index contributed by atoms with van der Waals surface area (Å²) < 4.78 is 51.8. The lowest BCUT2D eigenvalue weighted by Gasteiger charge is -2.40. The Hall–Kier alpha value is -2.80. The van der Waals surface area contributed by atoms with Crippen LogP contribution in [0.4, 0.5) is 0 Å². The average Bonchev–Trinajstić information content (AvgIpc) is 3.06. The molecule has 2 saturated heterocycles. The molecule has 0 aromatic heterocycles. The number of sulfone groups is 1. The summed E-state index contributed by atoms with van der Waals surface area (Å²) in [6.45, 7) is 6.72. The molecule has 2 atom stereocenters. The Morgan fingerprint density at radius 3 is 2.04 bits per heavy atom. The summed E-state index contributed by atoms with van der Waals surface area (Å²) in [4.78, 5) is 18.5. The number of piperazine rings is 1. The maximum atomic E-state index is 13.3. The maximum Gasteiger partial charge on any atom is 0.244 e. The molecule has 0 bridgehead atoms. The third-order valence-corrected chi connectivity index (χ3v) is 13.0. The number of hydrogen-bond donors (Lipinski definition) is 1. The molecular formula is C35H45ClN4O5S2. The van der Waals surface area contributed by atoms with Crippen molar-refractivity contribution in [2.75, 3.05) is 52.1 Å². The molecule has 3 aromatic carbocycles. The Bertz CT molecular complexity index is 1710. The van der Waals surface area contributed by atoms with Crippen LogP contribution in [0.2, 0.25) is 5.02 Å². The minimum Gasteiger partial charge on any atom is -0.353 e. The van der Waals surface area contributed by atoms with Gasteiger partial charge in [-0.3, -0.25) is 9.69 Å². The fourth-order valence-electron chi connectivity index (χ4n) is 6.71. The zero-order valence-electron chi connectivity index (χ0n) is 27.1. The number of sulfonamides is 1. The number of piperidine rings is 1. The monoisotopic (exact) mass is 700 g/mol. The lowest BCUT2D eigenvalue weighted by Crippen LogP contribution is -2.50. The van der Waals surface area contributed by atoms with Gasteiger partial charge in [0.2, 0.25) is 15.9 Å². The second kappa shape index (κ2) is 15.6. The van der Waals surface area contributed by atoms with E-state index in [0.29, 0.717) is 32.6 Å². The molecule has 47 heavy (non-hydrogen) atoms. The second-order valence-corrected chi connectivity index (χ2v) is 16.8. The minimum atomic E-state index is -3.67. The molecule has 1 N–H and O–H groups in total. The molecule has 2 fully saturated rings. The van der Waals surface area contributed by atoms with Crippen molar-refractivity contribution in [2.24, 2.45) is 0 Å². The van der Waals surface area contributed by atoms with E-state index >= 15 is 0 Å². The summed E-state index contributed by atoms with van der Waals surface area (Å²) in [5.74, 6) is -0.341. The van der Waals surface area contributed by atoms with Crippen molar-refractivity contribution in [3.05, 3.63) is 95.0 Å². The summed E-state index contributed by atoms with van der Waals surface area (Å²) in [6, 6.07) is 23.9. The van der Waals surface area contributed by atoms with E-state index in [1.165, 1.54) is 11.8 Å². The first-order valence-electron chi connectivity index (χ1n) is 16.3. The van der Waals surface area contributed by atoms with E-state index in [-0.39, 0.29) is 38.7 Å². The smallest absolute Gasteiger partial charge is 0.244 e. The highest BCUT2D eigenvalue weighted by molar-refractivity contribution is 7.90. The van der Waals surface area contributed by atoms with Gasteiger partial charge in [0.05, 0.1) is 15.8 Å². The molecule has 2 aliphatic heterocycles. The van der Waals surface area contributed by atoms with Gasteiger partial charge in [0.15, 0.2) is 9.84 Å². The summed E-state index contributed by atoms with van der Waals surface area (Å²) in [6.07, 6.45) is 4.46. The van der Waals surface area contributed by atoms with Crippen LogP contribution in [0.1, 0.15) is 55.7 Å². The van der Waals surface area contributed by atoms with E-state index < -0.39 is 19.9 Å². The van der Waals surface area contributed by atoms with Crippen LogP contribution in [-0.4, -0.2) is 95.0 Å². The molecule has 2 heterocycles. The third-order valence-electron chi connectivity index (χ3n) is 9.44. The van der Waals surface area contributed by atoms with Gasteiger partial charge >= 0.3 is 0 Å². The van der Waals surface area contributed by atoms with Gasteiger partial charge in [-0.15, -0.1) is 0 Å². The van der Waals surface area contributed by atoms with Crippen LogP contribution in [0.5, 0.6) is 0 Å². The lowest BCUT2D eigenvalue weighted by atomic mass is 9.94. The minimum absolute atomic E-state index is 0.0158. The maximum absolute atomic E-state index is 13.3.